The predicted octanol–water partition coefficient (Wildman–Crippen LogP) is 2.35. The Morgan fingerprint density at radius 2 is 1.16 bits per heavy atom. The van der Waals surface area contributed by atoms with Crippen molar-refractivity contribution in [3.8, 4) is 0 Å². The SMILES string of the molecule is CCCCCCCCCCCCCNCC(=O)N(CC(=O)N(CCCCN)CC(=O)N(CCN)CC(=O)N(C)CC(N)=O)C1CCCCC1. The molecule has 0 spiro atoms. The summed E-state index contributed by atoms with van der Waals surface area (Å²) < 4.78 is 0. The minimum atomic E-state index is -0.662. The summed E-state index contributed by atoms with van der Waals surface area (Å²) in [5, 5.41) is 3.31. The number of hydrogen-bond donors (Lipinski definition) is 4. The van der Waals surface area contributed by atoms with E-state index in [4.69, 9.17) is 17.2 Å². The van der Waals surface area contributed by atoms with Crippen LogP contribution in [-0.2, 0) is 24.0 Å². The van der Waals surface area contributed by atoms with Gasteiger partial charge in [-0.3, -0.25) is 24.0 Å². The van der Waals surface area contributed by atoms with Crippen LogP contribution in [0.1, 0.15) is 122 Å². The van der Waals surface area contributed by atoms with Crippen molar-refractivity contribution in [3.05, 3.63) is 0 Å². The highest BCUT2D eigenvalue weighted by Gasteiger charge is 2.30. The van der Waals surface area contributed by atoms with E-state index in [-0.39, 0.29) is 63.7 Å². The monoisotopic (exact) mass is 695 g/mol. The van der Waals surface area contributed by atoms with Gasteiger partial charge in [-0.1, -0.05) is 90.4 Å². The summed E-state index contributed by atoms with van der Waals surface area (Å²) in [5.41, 5.74) is 16.7. The van der Waals surface area contributed by atoms with Crippen LogP contribution in [0.3, 0.4) is 0 Å². The van der Waals surface area contributed by atoms with Gasteiger partial charge >= 0.3 is 0 Å². The number of primary amides is 1. The van der Waals surface area contributed by atoms with Crippen LogP contribution in [-0.4, -0.2) is 128 Å². The van der Waals surface area contributed by atoms with Crippen LogP contribution >= 0.6 is 0 Å². The van der Waals surface area contributed by atoms with E-state index in [0.717, 1.165) is 56.4 Å². The molecule has 284 valence electrons. The Morgan fingerprint density at radius 1 is 0.612 bits per heavy atom. The number of nitrogens with one attached hydrogen (secondary N) is 1. The Kier molecular flexibility index (Phi) is 25.3. The first-order valence-electron chi connectivity index (χ1n) is 19.1. The van der Waals surface area contributed by atoms with Gasteiger partial charge < -0.3 is 42.1 Å². The Hall–Kier alpha value is -2.77. The molecule has 13 nitrogen and oxygen atoms in total. The highest BCUT2D eigenvalue weighted by atomic mass is 16.2. The highest BCUT2D eigenvalue weighted by Crippen LogP contribution is 2.23. The molecule has 0 aromatic heterocycles. The zero-order chi connectivity index (χ0) is 36.3. The average molecular weight is 695 g/mol. The van der Waals surface area contributed by atoms with Crippen LogP contribution in [0.5, 0.6) is 0 Å². The van der Waals surface area contributed by atoms with E-state index >= 15 is 0 Å². The molecule has 5 amide bonds. The van der Waals surface area contributed by atoms with Crippen molar-refractivity contribution in [3.63, 3.8) is 0 Å². The normalized spacial score (nSPS) is 13.2. The van der Waals surface area contributed by atoms with Crippen LogP contribution in [0.15, 0.2) is 0 Å². The van der Waals surface area contributed by atoms with Gasteiger partial charge in [-0.2, -0.15) is 0 Å². The zero-order valence-electron chi connectivity index (χ0n) is 30.9. The number of rotatable bonds is 29. The highest BCUT2D eigenvalue weighted by molar-refractivity contribution is 5.91. The molecule has 13 heteroatoms. The molecule has 0 aromatic carbocycles. The molecule has 1 saturated carbocycles. The molecule has 1 fully saturated rings. The molecule has 0 bridgehead atoms. The molecule has 0 radical (unpaired) electrons. The van der Waals surface area contributed by atoms with E-state index < -0.39 is 17.7 Å². The fourth-order valence-electron chi connectivity index (χ4n) is 6.33. The van der Waals surface area contributed by atoms with Crippen LogP contribution in [0.4, 0.5) is 0 Å². The molecular formula is C36H70N8O5. The number of carbonyl (C=O) groups excluding carboxylic acids is 5. The Morgan fingerprint density at radius 3 is 1.73 bits per heavy atom. The molecule has 1 aliphatic carbocycles. The molecule has 1 rings (SSSR count). The largest absolute Gasteiger partial charge is 0.368 e. The van der Waals surface area contributed by atoms with Crippen molar-refractivity contribution in [1.29, 1.82) is 0 Å². The Labute approximate surface area is 296 Å². The Bertz CT molecular complexity index is 946. The third-order valence-electron chi connectivity index (χ3n) is 9.33. The van der Waals surface area contributed by atoms with Gasteiger partial charge in [-0.25, -0.2) is 0 Å². The van der Waals surface area contributed by atoms with Gasteiger partial charge in [0.15, 0.2) is 0 Å². The Balaban J connectivity index is 2.76. The van der Waals surface area contributed by atoms with Crippen molar-refractivity contribution in [2.24, 2.45) is 17.2 Å². The van der Waals surface area contributed by atoms with Crippen molar-refractivity contribution in [1.82, 2.24) is 24.9 Å². The molecule has 0 aliphatic heterocycles. The molecule has 49 heavy (non-hydrogen) atoms. The third kappa shape index (κ3) is 20.5. The van der Waals surface area contributed by atoms with E-state index in [9.17, 15) is 24.0 Å². The van der Waals surface area contributed by atoms with Crippen molar-refractivity contribution < 1.29 is 24.0 Å². The predicted molar refractivity (Wildman–Crippen MR) is 195 cm³/mol. The number of nitrogens with two attached hydrogens (primary N) is 3. The summed E-state index contributed by atoms with van der Waals surface area (Å²) in [5.74, 6) is -1.96. The number of carbonyl (C=O) groups is 5. The first-order valence-corrected chi connectivity index (χ1v) is 19.1. The maximum atomic E-state index is 13.8. The summed E-state index contributed by atoms with van der Waals surface area (Å²) in [6.45, 7) is 3.26. The van der Waals surface area contributed by atoms with Crippen molar-refractivity contribution in [2.75, 3.05) is 72.5 Å². The lowest BCUT2D eigenvalue weighted by Crippen LogP contribution is -2.53. The van der Waals surface area contributed by atoms with Gasteiger partial charge in [0.2, 0.25) is 29.5 Å². The third-order valence-corrected chi connectivity index (χ3v) is 9.33. The number of likely N-dealkylation sites (N-methyl/N-ethyl adjacent to an activating group) is 1. The summed E-state index contributed by atoms with van der Waals surface area (Å²) >= 11 is 0. The minimum absolute atomic E-state index is 0.0114. The fraction of sp³-hybridized carbons (Fsp3) is 0.861. The second-order valence-corrected chi connectivity index (χ2v) is 13.7. The van der Waals surface area contributed by atoms with Crippen molar-refractivity contribution >= 4 is 29.5 Å². The van der Waals surface area contributed by atoms with E-state index in [2.05, 4.69) is 12.2 Å². The van der Waals surface area contributed by atoms with Gasteiger partial charge in [0.1, 0.15) is 6.54 Å². The van der Waals surface area contributed by atoms with E-state index in [1.54, 1.807) is 4.90 Å². The standard InChI is InChI=1S/C36H70N8O5/c1-3-4-5-6-7-8-9-10-11-12-17-23-40-26-33(46)44(31-19-14-13-15-20-31)30-36(49)42(24-18-16-21-37)29-35(48)43(25-22-38)28-34(47)41(2)27-32(39)45/h31,40H,3-30,37-38H2,1-2H3,(H2,39,45). The molecule has 0 heterocycles. The topological polar surface area (TPSA) is 188 Å². The summed E-state index contributed by atoms with van der Waals surface area (Å²) in [6.07, 6.45) is 20.1. The van der Waals surface area contributed by atoms with Crippen LogP contribution in [0, 0.1) is 0 Å². The second-order valence-electron chi connectivity index (χ2n) is 13.7. The lowest BCUT2D eigenvalue weighted by atomic mass is 9.94. The van der Waals surface area contributed by atoms with Crippen LogP contribution in [0.2, 0.25) is 0 Å². The number of hydrogen-bond acceptors (Lipinski definition) is 8. The lowest BCUT2D eigenvalue weighted by Gasteiger charge is -2.36. The average Bonchev–Trinajstić information content (AvgIpc) is 3.08. The van der Waals surface area contributed by atoms with E-state index in [0.29, 0.717) is 25.9 Å². The van der Waals surface area contributed by atoms with Gasteiger partial charge in [0.05, 0.1) is 26.2 Å². The van der Waals surface area contributed by atoms with Gasteiger partial charge in [-0.05, 0) is 45.2 Å². The van der Waals surface area contributed by atoms with Crippen LogP contribution in [0.25, 0.3) is 0 Å². The van der Waals surface area contributed by atoms with Gasteiger partial charge in [0.25, 0.3) is 0 Å². The summed E-state index contributed by atoms with van der Waals surface area (Å²) in [7, 11) is 1.44. The van der Waals surface area contributed by atoms with Gasteiger partial charge in [-0.15, -0.1) is 0 Å². The molecule has 0 aromatic rings. The number of nitrogens with zero attached hydrogens (tertiary/aromatic N) is 4. The second kappa shape index (κ2) is 28.0. The molecule has 1 aliphatic rings. The first-order chi connectivity index (χ1) is 23.6. The number of amides is 5. The summed E-state index contributed by atoms with van der Waals surface area (Å²) in [6, 6.07) is -0.0114. The zero-order valence-corrected chi connectivity index (χ0v) is 30.9. The molecular weight excluding hydrogens is 624 g/mol. The van der Waals surface area contributed by atoms with E-state index in [1.165, 1.54) is 74.6 Å². The lowest BCUT2D eigenvalue weighted by molar-refractivity contribution is -0.147. The van der Waals surface area contributed by atoms with Crippen molar-refractivity contribution in [2.45, 2.75) is 129 Å². The summed E-state index contributed by atoms with van der Waals surface area (Å²) in [4.78, 5) is 70.4. The maximum Gasteiger partial charge on any atom is 0.242 e. The number of unbranched alkanes of at least 4 members (excludes halogenated alkanes) is 11. The van der Waals surface area contributed by atoms with Crippen LogP contribution < -0.4 is 22.5 Å². The fourth-order valence-corrected chi connectivity index (χ4v) is 6.33. The molecule has 7 N–H and O–H groups in total. The minimum Gasteiger partial charge on any atom is -0.368 e. The first kappa shape index (κ1) is 44.3. The molecule has 0 saturated heterocycles. The van der Waals surface area contributed by atoms with E-state index in [1.807, 2.05) is 0 Å². The van der Waals surface area contributed by atoms with Gasteiger partial charge in [0, 0.05) is 32.7 Å². The molecule has 0 unspecified atom stereocenters. The quantitative estimate of drug-likeness (QED) is 0.0859. The smallest absolute Gasteiger partial charge is 0.242 e. The maximum absolute atomic E-state index is 13.8. The molecule has 0 atom stereocenters.